The van der Waals surface area contributed by atoms with Gasteiger partial charge in [0, 0.05) is 5.02 Å². The number of nitrogens with one attached hydrogen (secondary N) is 1. The Morgan fingerprint density at radius 2 is 1.52 bits per heavy atom. The number of ether oxygens (including phenoxy) is 2. The Hall–Kier alpha value is -3.77. The van der Waals surface area contributed by atoms with E-state index < -0.39 is 0 Å². The summed E-state index contributed by atoms with van der Waals surface area (Å²) >= 11 is 6.06. The first-order valence-corrected chi connectivity index (χ1v) is 10.8. The number of carbonyl (C=O) groups is 1. The zero-order valence-electron chi connectivity index (χ0n) is 18.3. The molecule has 1 heterocycles. The lowest BCUT2D eigenvalue weighted by Gasteiger charge is -2.10. The number of halogens is 1. The van der Waals surface area contributed by atoms with Crippen LogP contribution in [0.25, 0.3) is 11.1 Å². The second-order valence-corrected chi connectivity index (χ2v) is 7.93. The fourth-order valence-electron chi connectivity index (χ4n) is 3.31. The van der Waals surface area contributed by atoms with Crippen molar-refractivity contribution in [1.29, 1.82) is 0 Å². The fraction of sp³-hybridized carbons (Fsp3) is 0.154. The summed E-state index contributed by atoms with van der Waals surface area (Å²) in [7, 11) is 0. The van der Waals surface area contributed by atoms with Gasteiger partial charge in [-0.25, -0.2) is 0 Å². The highest BCUT2D eigenvalue weighted by atomic mass is 35.5. The van der Waals surface area contributed by atoms with Crippen LogP contribution < -0.4 is 14.8 Å². The fourth-order valence-corrected chi connectivity index (χ4v) is 3.44. The molecule has 1 aromatic heterocycles. The molecule has 3 aromatic carbocycles. The molecule has 0 saturated heterocycles. The largest absolute Gasteiger partial charge is 0.485 e. The molecule has 1 amide bonds. The van der Waals surface area contributed by atoms with Crippen LogP contribution in [0.2, 0.25) is 5.02 Å². The van der Waals surface area contributed by atoms with Gasteiger partial charge < -0.3 is 19.3 Å². The lowest BCUT2D eigenvalue weighted by molar-refractivity contribution is -0.118. The summed E-state index contributed by atoms with van der Waals surface area (Å²) < 4.78 is 17.2. The Morgan fingerprint density at radius 1 is 0.909 bits per heavy atom. The minimum absolute atomic E-state index is 0.144. The molecule has 0 radical (unpaired) electrons. The Labute approximate surface area is 197 Å². The van der Waals surface area contributed by atoms with Gasteiger partial charge in [-0.15, -0.1) is 0 Å². The molecule has 0 atom stereocenters. The Balaban J connectivity index is 1.54. The van der Waals surface area contributed by atoms with Crippen LogP contribution in [0.1, 0.15) is 16.9 Å². The van der Waals surface area contributed by atoms with E-state index in [0.717, 1.165) is 22.4 Å². The number of nitrogens with zero attached hydrogens (tertiary/aromatic N) is 1. The molecule has 0 aliphatic heterocycles. The first-order valence-electron chi connectivity index (χ1n) is 10.4. The molecule has 0 unspecified atom stereocenters. The van der Waals surface area contributed by atoms with E-state index in [4.69, 9.17) is 25.6 Å². The maximum Gasteiger partial charge on any atom is 0.263 e. The second-order valence-electron chi connectivity index (χ2n) is 7.49. The number of amides is 1. The van der Waals surface area contributed by atoms with Crippen molar-refractivity contribution in [3.63, 3.8) is 0 Å². The van der Waals surface area contributed by atoms with Gasteiger partial charge in [0.1, 0.15) is 18.1 Å². The molecular weight excluding hydrogens is 440 g/mol. The van der Waals surface area contributed by atoms with E-state index in [2.05, 4.69) is 10.5 Å². The van der Waals surface area contributed by atoms with Gasteiger partial charge in [-0.1, -0.05) is 65.3 Å². The summed E-state index contributed by atoms with van der Waals surface area (Å²) in [6, 6.07) is 22.4. The highest BCUT2D eigenvalue weighted by molar-refractivity contribution is 6.30. The zero-order valence-corrected chi connectivity index (χ0v) is 19.1. The summed E-state index contributed by atoms with van der Waals surface area (Å²) in [5, 5.41) is 7.47. The number of carbonyl (C=O) groups excluding carboxylic acids is 1. The van der Waals surface area contributed by atoms with Crippen molar-refractivity contribution < 1.29 is 18.8 Å². The average molecular weight is 463 g/mol. The van der Waals surface area contributed by atoms with Crippen molar-refractivity contribution in [1.82, 2.24) is 5.16 Å². The summed E-state index contributed by atoms with van der Waals surface area (Å²) in [5.74, 6) is 1.81. The molecule has 0 saturated carbocycles. The van der Waals surface area contributed by atoms with Crippen LogP contribution in [0.5, 0.6) is 11.5 Å². The van der Waals surface area contributed by atoms with Crippen LogP contribution in [-0.4, -0.2) is 17.7 Å². The van der Waals surface area contributed by atoms with E-state index in [-0.39, 0.29) is 19.1 Å². The van der Waals surface area contributed by atoms with Crippen LogP contribution in [0.15, 0.2) is 77.3 Å². The molecule has 0 spiro atoms. The highest BCUT2D eigenvalue weighted by Gasteiger charge is 2.21. The number of anilines is 1. The van der Waals surface area contributed by atoms with Crippen molar-refractivity contribution in [3.8, 4) is 22.6 Å². The average Bonchev–Trinajstić information content (AvgIpc) is 3.20. The SMILES string of the molecule is Cc1ccccc1OCC(=O)Nc1noc(COc2ccccc2C)c1-c1ccc(Cl)cc1. The molecule has 1 N–H and O–H groups in total. The third kappa shape index (κ3) is 5.54. The van der Waals surface area contributed by atoms with Gasteiger partial charge in [-0.2, -0.15) is 0 Å². The highest BCUT2D eigenvalue weighted by Crippen LogP contribution is 2.33. The van der Waals surface area contributed by atoms with Crippen molar-refractivity contribution in [2.24, 2.45) is 0 Å². The summed E-state index contributed by atoms with van der Waals surface area (Å²) in [4.78, 5) is 12.6. The van der Waals surface area contributed by atoms with Gasteiger partial charge in [-0.3, -0.25) is 4.79 Å². The molecule has 33 heavy (non-hydrogen) atoms. The number of hydrogen-bond acceptors (Lipinski definition) is 5. The second kappa shape index (κ2) is 10.2. The normalized spacial score (nSPS) is 10.6. The van der Waals surface area contributed by atoms with Gasteiger partial charge in [0.2, 0.25) is 0 Å². The number of hydrogen-bond donors (Lipinski definition) is 1. The minimum atomic E-state index is -0.354. The minimum Gasteiger partial charge on any atom is -0.485 e. The van der Waals surface area contributed by atoms with E-state index >= 15 is 0 Å². The topological polar surface area (TPSA) is 73.6 Å². The number of para-hydroxylation sites is 2. The van der Waals surface area contributed by atoms with E-state index in [1.807, 2.05) is 74.5 Å². The summed E-state index contributed by atoms with van der Waals surface area (Å²) in [6.45, 7) is 3.87. The molecule has 168 valence electrons. The van der Waals surface area contributed by atoms with Crippen LogP contribution >= 0.6 is 11.6 Å². The Bertz CT molecular complexity index is 1250. The maximum atomic E-state index is 12.6. The quantitative estimate of drug-likeness (QED) is 0.337. The smallest absolute Gasteiger partial charge is 0.263 e. The Kier molecular flexibility index (Phi) is 6.95. The van der Waals surface area contributed by atoms with E-state index in [1.165, 1.54) is 0 Å². The molecule has 0 fully saturated rings. The standard InChI is InChI=1S/C26H23ClN2O4/c1-17-7-3-5-9-21(17)31-15-23-25(19-11-13-20(27)14-12-19)26(29-33-23)28-24(30)16-32-22-10-6-4-8-18(22)2/h3-14H,15-16H2,1-2H3,(H,28,29,30). The van der Waals surface area contributed by atoms with Crippen LogP contribution in [0.4, 0.5) is 5.82 Å². The Morgan fingerprint density at radius 3 is 2.15 bits per heavy atom. The van der Waals surface area contributed by atoms with Crippen LogP contribution in [0.3, 0.4) is 0 Å². The van der Waals surface area contributed by atoms with Crippen molar-refractivity contribution in [2.75, 3.05) is 11.9 Å². The van der Waals surface area contributed by atoms with Gasteiger partial charge in [0.05, 0.1) is 5.56 Å². The van der Waals surface area contributed by atoms with Crippen molar-refractivity contribution >= 4 is 23.3 Å². The van der Waals surface area contributed by atoms with Crippen LogP contribution in [-0.2, 0) is 11.4 Å². The predicted molar refractivity (Wildman–Crippen MR) is 128 cm³/mol. The van der Waals surface area contributed by atoms with Gasteiger partial charge in [0.25, 0.3) is 5.91 Å². The van der Waals surface area contributed by atoms with Crippen molar-refractivity contribution in [3.05, 3.63) is 94.7 Å². The van der Waals surface area contributed by atoms with Crippen molar-refractivity contribution in [2.45, 2.75) is 20.5 Å². The van der Waals surface area contributed by atoms with Gasteiger partial charge in [-0.05, 0) is 54.8 Å². The summed E-state index contributed by atoms with van der Waals surface area (Å²) in [5.41, 5.74) is 3.37. The van der Waals surface area contributed by atoms with Gasteiger partial charge >= 0.3 is 0 Å². The first kappa shape index (κ1) is 22.4. The molecule has 6 nitrogen and oxygen atoms in total. The monoisotopic (exact) mass is 462 g/mol. The first-order chi connectivity index (χ1) is 16.0. The number of aromatic nitrogens is 1. The number of benzene rings is 3. The molecule has 7 heteroatoms. The van der Waals surface area contributed by atoms with E-state index in [9.17, 15) is 4.79 Å². The molecule has 0 aliphatic rings. The summed E-state index contributed by atoms with van der Waals surface area (Å²) in [6.07, 6.45) is 0. The molecule has 4 rings (SSSR count). The number of rotatable bonds is 8. The van der Waals surface area contributed by atoms with E-state index in [1.54, 1.807) is 12.1 Å². The van der Waals surface area contributed by atoms with Crippen LogP contribution in [0, 0.1) is 13.8 Å². The maximum absolute atomic E-state index is 12.6. The third-order valence-corrected chi connectivity index (χ3v) is 5.31. The van der Waals surface area contributed by atoms with Gasteiger partial charge in [0.15, 0.2) is 18.2 Å². The third-order valence-electron chi connectivity index (χ3n) is 5.06. The predicted octanol–water partition coefficient (Wildman–Crippen LogP) is 6.21. The molecule has 4 aromatic rings. The zero-order chi connectivity index (χ0) is 23.2. The number of aryl methyl sites for hydroxylation is 2. The molecule has 0 aliphatic carbocycles. The van der Waals surface area contributed by atoms with E-state index in [0.29, 0.717) is 27.9 Å². The molecule has 0 bridgehead atoms. The molecular formula is C26H23ClN2O4. The lowest BCUT2D eigenvalue weighted by Crippen LogP contribution is -2.21. The lowest BCUT2D eigenvalue weighted by atomic mass is 10.1.